The number of non-ortho nitro benzene ring substituents is 1. The van der Waals surface area contributed by atoms with Gasteiger partial charge < -0.3 is 19.8 Å². The molecule has 1 aromatic heterocycles. The number of allylic oxidation sites excluding steroid dienone is 2. The minimum absolute atomic E-state index is 0.0591. The minimum Gasteiger partial charge on any atom is -0.468 e. The topological polar surface area (TPSA) is 148 Å². The largest absolute Gasteiger partial charge is 0.468 e. The molecular weight excluding hydrogens is 508 g/mol. The molecule has 10 nitrogen and oxygen atoms in total. The molecule has 11 heteroatoms. The van der Waals surface area contributed by atoms with Crippen LogP contribution in [-0.4, -0.2) is 22.6 Å². The zero-order valence-electron chi connectivity index (χ0n) is 20.2. The van der Waals surface area contributed by atoms with Gasteiger partial charge in [-0.15, -0.1) is 0 Å². The van der Waals surface area contributed by atoms with E-state index in [1.54, 1.807) is 19.1 Å². The Labute approximate surface area is 222 Å². The summed E-state index contributed by atoms with van der Waals surface area (Å²) < 4.78 is 11.1. The van der Waals surface area contributed by atoms with Crippen molar-refractivity contribution in [3.63, 3.8) is 0 Å². The van der Waals surface area contributed by atoms with Crippen LogP contribution in [0.2, 0.25) is 0 Å². The van der Waals surface area contributed by atoms with Gasteiger partial charge in [0.2, 0.25) is 5.91 Å². The lowest BCUT2D eigenvalue weighted by molar-refractivity contribution is -0.384. The Morgan fingerprint density at radius 2 is 1.89 bits per heavy atom. The number of ether oxygens (including phenoxy) is 1. The molecule has 0 bridgehead atoms. The predicted octanol–water partition coefficient (Wildman–Crippen LogP) is 5.00. The summed E-state index contributed by atoms with van der Waals surface area (Å²) in [5.41, 5.74) is 2.07. The van der Waals surface area contributed by atoms with Crippen LogP contribution in [0.1, 0.15) is 24.2 Å². The molecule has 0 aliphatic carbocycles. The molecule has 1 aliphatic heterocycles. The number of carbonyl (C=O) groups is 2. The molecule has 0 radical (unpaired) electrons. The Bertz CT molecular complexity index is 1440. The van der Waals surface area contributed by atoms with Crippen LogP contribution in [0.15, 0.2) is 99.3 Å². The van der Waals surface area contributed by atoms with Crippen molar-refractivity contribution in [2.24, 2.45) is 0 Å². The van der Waals surface area contributed by atoms with E-state index >= 15 is 0 Å². The van der Waals surface area contributed by atoms with Crippen molar-refractivity contribution in [3.05, 3.63) is 116 Å². The van der Waals surface area contributed by atoms with Crippen molar-refractivity contribution >= 4 is 35.0 Å². The molecule has 0 fully saturated rings. The fourth-order valence-corrected chi connectivity index (χ4v) is 4.73. The van der Waals surface area contributed by atoms with E-state index in [4.69, 9.17) is 9.15 Å². The molecule has 2 aromatic carbocycles. The number of hydrogen-bond acceptors (Lipinski definition) is 9. The summed E-state index contributed by atoms with van der Waals surface area (Å²) in [7, 11) is 0. The average Bonchev–Trinajstić information content (AvgIpc) is 3.46. The fraction of sp³-hybridized carbons (Fsp3) is 0.148. The lowest BCUT2D eigenvalue weighted by Crippen LogP contribution is -2.29. The second kappa shape index (κ2) is 11.9. The Morgan fingerprint density at radius 3 is 2.53 bits per heavy atom. The number of furan rings is 1. The molecule has 1 aliphatic rings. The smallest absolute Gasteiger partial charge is 0.337 e. The highest BCUT2D eigenvalue weighted by Gasteiger charge is 2.37. The summed E-state index contributed by atoms with van der Waals surface area (Å²) in [5, 5.41) is 27.0. The van der Waals surface area contributed by atoms with E-state index in [-0.39, 0.29) is 35.1 Å². The van der Waals surface area contributed by atoms with Gasteiger partial charge in [-0.05, 0) is 36.8 Å². The molecule has 4 rings (SSSR count). The van der Waals surface area contributed by atoms with Crippen LogP contribution in [0, 0.1) is 21.4 Å². The van der Waals surface area contributed by atoms with Gasteiger partial charge >= 0.3 is 5.97 Å². The highest BCUT2D eigenvalue weighted by atomic mass is 32.2. The van der Waals surface area contributed by atoms with Crippen LogP contribution in [0.4, 0.5) is 11.4 Å². The summed E-state index contributed by atoms with van der Waals surface area (Å²) in [6.07, 6.45) is 1.46. The third-order valence-electron chi connectivity index (χ3n) is 5.62. The normalized spacial score (nSPS) is 14.9. The van der Waals surface area contributed by atoms with Gasteiger partial charge in [0, 0.05) is 23.5 Å². The first-order chi connectivity index (χ1) is 18.4. The number of benzene rings is 2. The molecular formula is C27H22N4O6S. The molecule has 1 amide bonds. The van der Waals surface area contributed by atoms with Crippen LogP contribution < -0.4 is 10.6 Å². The standard InChI is InChI=1S/C27H22N4O6S/c1-17-24(27(33)37-15-18-6-3-2-4-7-18)25(22-8-5-13-36-22)21(14-28)26(29-17)38-16-23(32)30-19-9-11-20(12-10-19)31(34)35/h2-13,25,29H,15-16H2,1H3,(H,30,32). The first kappa shape index (κ1) is 26.2. The highest BCUT2D eigenvalue weighted by Crippen LogP contribution is 2.41. The van der Waals surface area contributed by atoms with E-state index in [2.05, 4.69) is 16.7 Å². The maximum absolute atomic E-state index is 13.2. The molecule has 1 unspecified atom stereocenters. The summed E-state index contributed by atoms with van der Waals surface area (Å²) in [4.78, 5) is 36.0. The van der Waals surface area contributed by atoms with Gasteiger partial charge in [0.05, 0.1) is 45.1 Å². The first-order valence-corrected chi connectivity index (χ1v) is 12.4. The number of nitriles is 1. The number of anilines is 1. The number of nitrogens with zero attached hydrogens (tertiary/aromatic N) is 2. The van der Waals surface area contributed by atoms with Gasteiger partial charge in [0.15, 0.2) is 0 Å². The second-order valence-electron chi connectivity index (χ2n) is 8.17. The zero-order chi connectivity index (χ0) is 27.1. The van der Waals surface area contributed by atoms with Crippen molar-refractivity contribution in [2.75, 3.05) is 11.1 Å². The van der Waals surface area contributed by atoms with Crippen molar-refractivity contribution in [2.45, 2.75) is 19.4 Å². The third kappa shape index (κ3) is 6.11. The number of carbonyl (C=O) groups excluding carboxylic acids is 2. The maximum atomic E-state index is 13.2. The van der Waals surface area contributed by atoms with Gasteiger partial charge in [-0.2, -0.15) is 5.26 Å². The number of esters is 1. The first-order valence-electron chi connectivity index (χ1n) is 11.4. The Hall–Kier alpha value is -4.82. The van der Waals surface area contributed by atoms with E-state index in [1.807, 2.05) is 30.3 Å². The van der Waals surface area contributed by atoms with Gasteiger partial charge in [0.1, 0.15) is 12.4 Å². The number of amides is 1. The van der Waals surface area contributed by atoms with E-state index in [1.165, 1.54) is 30.5 Å². The van der Waals surface area contributed by atoms with E-state index in [0.717, 1.165) is 17.3 Å². The summed E-state index contributed by atoms with van der Waals surface area (Å²) in [6.45, 7) is 1.76. The summed E-state index contributed by atoms with van der Waals surface area (Å²) >= 11 is 1.09. The number of dihydropyridines is 1. The lowest BCUT2D eigenvalue weighted by atomic mass is 9.86. The maximum Gasteiger partial charge on any atom is 0.337 e. The zero-order valence-corrected chi connectivity index (χ0v) is 21.0. The van der Waals surface area contributed by atoms with Gasteiger partial charge in [-0.3, -0.25) is 14.9 Å². The number of nitro benzene ring substituents is 1. The molecule has 38 heavy (non-hydrogen) atoms. The quantitative estimate of drug-likeness (QED) is 0.221. The lowest BCUT2D eigenvalue weighted by Gasteiger charge is -2.27. The molecule has 3 aromatic rings. The van der Waals surface area contributed by atoms with Crippen molar-refractivity contribution in [1.82, 2.24) is 5.32 Å². The van der Waals surface area contributed by atoms with Crippen LogP contribution >= 0.6 is 11.8 Å². The van der Waals surface area contributed by atoms with Crippen LogP contribution in [0.25, 0.3) is 0 Å². The molecule has 0 spiro atoms. The molecule has 1 atom stereocenters. The number of rotatable bonds is 9. The second-order valence-corrected chi connectivity index (χ2v) is 9.15. The summed E-state index contributed by atoms with van der Waals surface area (Å²) in [6, 6.07) is 20.2. The molecule has 0 saturated carbocycles. The van der Waals surface area contributed by atoms with Gasteiger partial charge in [0.25, 0.3) is 5.69 Å². The van der Waals surface area contributed by atoms with E-state index in [9.17, 15) is 25.0 Å². The van der Waals surface area contributed by atoms with Crippen molar-refractivity contribution in [1.29, 1.82) is 5.26 Å². The number of thioether (sulfide) groups is 1. The van der Waals surface area contributed by atoms with Crippen LogP contribution in [-0.2, 0) is 20.9 Å². The molecule has 2 N–H and O–H groups in total. The number of hydrogen-bond donors (Lipinski definition) is 2. The predicted molar refractivity (Wildman–Crippen MR) is 140 cm³/mol. The van der Waals surface area contributed by atoms with E-state index < -0.39 is 16.8 Å². The van der Waals surface area contributed by atoms with Crippen molar-refractivity contribution in [3.8, 4) is 6.07 Å². The minimum atomic E-state index is -0.820. The molecule has 2 heterocycles. The average molecular weight is 531 g/mol. The Balaban J connectivity index is 1.51. The monoisotopic (exact) mass is 530 g/mol. The third-order valence-corrected chi connectivity index (χ3v) is 6.63. The number of nitrogens with one attached hydrogen (secondary N) is 2. The van der Waals surface area contributed by atoms with Gasteiger partial charge in [-0.1, -0.05) is 42.1 Å². The molecule has 192 valence electrons. The van der Waals surface area contributed by atoms with Crippen molar-refractivity contribution < 1.29 is 23.7 Å². The van der Waals surface area contributed by atoms with Crippen LogP contribution in [0.5, 0.6) is 0 Å². The Morgan fingerprint density at radius 1 is 1.16 bits per heavy atom. The SMILES string of the molecule is CC1=C(C(=O)OCc2ccccc2)C(c2ccco2)C(C#N)=C(SCC(=O)Nc2ccc([N+](=O)[O-])cc2)N1. The van der Waals surface area contributed by atoms with Crippen LogP contribution in [0.3, 0.4) is 0 Å². The van der Waals surface area contributed by atoms with Gasteiger partial charge in [-0.25, -0.2) is 4.79 Å². The molecule has 0 saturated heterocycles. The fourth-order valence-electron chi connectivity index (χ4n) is 3.84. The number of nitro groups is 1. The Kier molecular flexibility index (Phi) is 8.25. The highest BCUT2D eigenvalue weighted by molar-refractivity contribution is 8.03. The van der Waals surface area contributed by atoms with E-state index in [0.29, 0.717) is 22.2 Å². The summed E-state index contributed by atoms with van der Waals surface area (Å²) in [5.74, 6) is -1.45.